The first kappa shape index (κ1) is 28.1. The number of anilines is 1. The van der Waals surface area contributed by atoms with Crippen LogP contribution in [0.3, 0.4) is 0 Å². The van der Waals surface area contributed by atoms with Gasteiger partial charge in [-0.25, -0.2) is 9.78 Å². The number of fused-ring (bicyclic) bond motifs is 1. The first-order valence-corrected chi connectivity index (χ1v) is 14.7. The Morgan fingerprint density at radius 3 is 2.45 bits per heavy atom. The van der Waals surface area contributed by atoms with Gasteiger partial charge in [-0.05, 0) is 54.8 Å². The van der Waals surface area contributed by atoms with Gasteiger partial charge < -0.3 is 19.7 Å². The number of nitrogens with one attached hydrogen (secondary N) is 1. The van der Waals surface area contributed by atoms with Gasteiger partial charge in [-0.15, -0.1) is 0 Å². The fourth-order valence-corrected chi connectivity index (χ4v) is 5.42. The lowest BCUT2D eigenvalue weighted by Crippen LogP contribution is -2.48. The molecule has 0 radical (unpaired) electrons. The van der Waals surface area contributed by atoms with Crippen LogP contribution in [-0.4, -0.2) is 56.6 Å². The van der Waals surface area contributed by atoms with E-state index in [-0.39, 0.29) is 36.6 Å². The fraction of sp³-hybridized carbons (Fsp3) is 0.387. The minimum atomic E-state index is -0.860. The van der Waals surface area contributed by atoms with Crippen molar-refractivity contribution in [1.29, 1.82) is 0 Å². The number of hydrogen-bond acceptors (Lipinski definition) is 8. The molecule has 2 aromatic carbocycles. The number of carbonyl (C=O) groups excluding carboxylic acids is 2. The topological polar surface area (TPSA) is 111 Å². The molecule has 2 aliphatic rings. The highest BCUT2D eigenvalue weighted by atomic mass is 35.5. The number of carbonyl (C=O) groups is 2. The number of esters is 1. The van der Waals surface area contributed by atoms with E-state index in [1.54, 1.807) is 6.33 Å². The van der Waals surface area contributed by atoms with Gasteiger partial charge in [-0.3, -0.25) is 9.36 Å². The van der Waals surface area contributed by atoms with Crippen molar-refractivity contribution in [1.82, 2.24) is 24.8 Å². The Balaban J connectivity index is 1.21. The Kier molecular flexibility index (Phi) is 8.62. The number of aromatic nitrogens is 4. The van der Waals surface area contributed by atoms with Crippen LogP contribution in [0, 0.1) is 0 Å². The number of rotatable bonds is 11. The predicted octanol–water partition coefficient (Wildman–Crippen LogP) is 4.62. The Morgan fingerprint density at radius 1 is 1.02 bits per heavy atom. The summed E-state index contributed by atoms with van der Waals surface area (Å²) in [4.78, 5) is 42.3. The van der Waals surface area contributed by atoms with Gasteiger partial charge in [0.2, 0.25) is 11.2 Å². The molecule has 4 aromatic rings. The molecule has 3 heterocycles. The standard InChI is InChI=1S/C31H33ClN6O4/c32-31-35-28(27-29(36-31)38(20-33-27)26-13-7-8-16-41-26)37(23-14-15-23)18-25(39)34-24(17-21-9-3-1-4-10-21)30(40)42-19-22-11-5-2-6-12-22/h1-6,9-12,20,23-24,26H,7-8,13-19H2,(H,34,39)/t24-,26?/m0/s1. The van der Waals surface area contributed by atoms with Crippen LogP contribution in [0.25, 0.3) is 11.2 Å². The monoisotopic (exact) mass is 588 g/mol. The lowest BCUT2D eigenvalue weighted by atomic mass is 10.1. The zero-order chi connectivity index (χ0) is 28.9. The molecule has 2 aromatic heterocycles. The summed E-state index contributed by atoms with van der Waals surface area (Å²) in [5.41, 5.74) is 2.93. The summed E-state index contributed by atoms with van der Waals surface area (Å²) in [6.07, 6.45) is 6.62. The number of hydrogen-bond donors (Lipinski definition) is 1. The third-order valence-corrected chi connectivity index (χ3v) is 7.71. The Labute approximate surface area is 249 Å². The molecule has 11 heteroatoms. The van der Waals surface area contributed by atoms with Crippen molar-refractivity contribution in [3.63, 3.8) is 0 Å². The van der Waals surface area contributed by atoms with Gasteiger partial charge in [0.15, 0.2) is 17.0 Å². The van der Waals surface area contributed by atoms with Gasteiger partial charge in [-0.1, -0.05) is 60.7 Å². The minimum absolute atomic E-state index is 0.0167. The van der Waals surface area contributed by atoms with Crippen molar-refractivity contribution in [2.24, 2.45) is 0 Å². The summed E-state index contributed by atoms with van der Waals surface area (Å²) in [7, 11) is 0. The number of ether oxygens (including phenoxy) is 2. The predicted molar refractivity (Wildman–Crippen MR) is 158 cm³/mol. The van der Waals surface area contributed by atoms with Crippen LogP contribution in [0.15, 0.2) is 67.0 Å². The molecule has 1 unspecified atom stereocenters. The smallest absolute Gasteiger partial charge is 0.329 e. The second kappa shape index (κ2) is 12.9. The molecule has 1 aliphatic heterocycles. The maximum absolute atomic E-state index is 13.5. The van der Waals surface area contributed by atoms with E-state index < -0.39 is 12.0 Å². The molecule has 0 bridgehead atoms. The van der Waals surface area contributed by atoms with Crippen LogP contribution in [0.2, 0.25) is 5.28 Å². The number of imidazole rings is 1. The normalized spacial score (nSPS) is 17.5. The maximum Gasteiger partial charge on any atom is 0.329 e. The summed E-state index contributed by atoms with van der Waals surface area (Å²) >= 11 is 6.41. The van der Waals surface area contributed by atoms with E-state index in [1.807, 2.05) is 70.1 Å². The van der Waals surface area contributed by atoms with Crippen molar-refractivity contribution in [2.45, 2.75) is 63.4 Å². The number of halogens is 1. The van der Waals surface area contributed by atoms with Crippen LogP contribution in [0.1, 0.15) is 49.5 Å². The molecule has 1 saturated carbocycles. The van der Waals surface area contributed by atoms with E-state index in [9.17, 15) is 9.59 Å². The third-order valence-electron chi connectivity index (χ3n) is 7.54. The van der Waals surface area contributed by atoms with Crippen LogP contribution >= 0.6 is 11.6 Å². The molecule has 218 valence electrons. The van der Waals surface area contributed by atoms with E-state index in [4.69, 9.17) is 21.1 Å². The summed E-state index contributed by atoms with van der Waals surface area (Å²) < 4.78 is 13.5. The Hall–Kier alpha value is -4.02. The molecule has 1 amide bonds. The molecule has 1 saturated heterocycles. The fourth-order valence-electron chi connectivity index (χ4n) is 5.26. The van der Waals surface area contributed by atoms with E-state index in [0.29, 0.717) is 30.0 Å². The van der Waals surface area contributed by atoms with Crippen molar-refractivity contribution in [3.05, 3.63) is 83.4 Å². The first-order chi connectivity index (χ1) is 20.5. The average molecular weight is 589 g/mol. The number of amides is 1. The molecule has 2 fully saturated rings. The second-order valence-electron chi connectivity index (χ2n) is 10.7. The second-order valence-corrected chi connectivity index (χ2v) is 11.1. The summed E-state index contributed by atoms with van der Waals surface area (Å²) in [6, 6.07) is 18.3. The molecular formula is C31H33ClN6O4. The SMILES string of the molecule is O=C(CN(c1nc(Cl)nc2c1ncn2C1CCCCO1)C1CC1)N[C@@H](Cc1ccccc1)C(=O)OCc1ccccc1. The number of nitrogens with zero attached hydrogens (tertiary/aromatic N) is 5. The van der Waals surface area contributed by atoms with Crippen molar-refractivity contribution < 1.29 is 19.1 Å². The molecule has 0 spiro atoms. The Bertz CT molecular complexity index is 1520. The molecule has 2 atom stereocenters. The molecule has 10 nitrogen and oxygen atoms in total. The highest BCUT2D eigenvalue weighted by Crippen LogP contribution is 2.35. The van der Waals surface area contributed by atoms with Crippen molar-refractivity contribution in [3.8, 4) is 0 Å². The molecule has 1 aliphatic carbocycles. The van der Waals surface area contributed by atoms with Crippen LogP contribution < -0.4 is 10.2 Å². The van der Waals surface area contributed by atoms with E-state index in [2.05, 4.69) is 20.3 Å². The highest BCUT2D eigenvalue weighted by molar-refractivity contribution is 6.28. The zero-order valence-electron chi connectivity index (χ0n) is 23.2. The van der Waals surface area contributed by atoms with Crippen LogP contribution in [0.5, 0.6) is 0 Å². The molecule has 1 N–H and O–H groups in total. The lowest BCUT2D eigenvalue weighted by molar-refractivity contribution is -0.149. The number of benzene rings is 2. The zero-order valence-corrected chi connectivity index (χ0v) is 23.9. The minimum Gasteiger partial charge on any atom is -0.459 e. The average Bonchev–Trinajstić information content (AvgIpc) is 3.78. The van der Waals surface area contributed by atoms with Crippen LogP contribution in [-0.2, 0) is 32.1 Å². The van der Waals surface area contributed by atoms with E-state index in [0.717, 1.165) is 43.2 Å². The Morgan fingerprint density at radius 2 is 1.76 bits per heavy atom. The highest BCUT2D eigenvalue weighted by Gasteiger charge is 2.35. The summed E-state index contributed by atoms with van der Waals surface area (Å²) in [5, 5.41) is 3.00. The van der Waals surface area contributed by atoms with E-state index >= 15 is 0 Å². The van der Waals surface area contributed by atoms with Gasteiger partial charge in [0.1, 0.15) is 18.9 Å². The van der Waals surface area contributed by atoms with Gasteiger partial charge >= 0.3 is 5.97 Å². The lowest BCUT2D eigenvalue weighted by Gasteiger charge is -2.26. The van der Waals surface area contributed by atoms with Gasteiger partial charge in [0.25, 0.3) is 0 Å². The van der Waals surface area contributed by atoms with E-state index in [1.165, 1.54) is 0 Å². The van der Waals surface area contributed by atoms with Crippen molar-refractivity contribution >= 4 is 40.5 Å². The van der Waals surface area contributed by atoms with Crippen molar-refractivity contribution in [2.75, 3.05) is 18.1 Å². The van der Waals surface area contributed by atoms with Gasteiger partial charge in [-0.2, -0.15) is 9.97 Å². The maximum atomic E-state index is 13.5. The summed E-state index contributed by atoms with van der Waals surface area (Å²) in [5.74, 6) is -0.311. The third kappa shape index (κ3) is 6.71. The largest absolute Gasteiger partial charge is 0.459 e. The quantitative estimate of drug-likeness (QED) is 0.200. The van der Waals surface area contributed by atoms with Gasteiger partial charge in [0.05, 0.1) is 12.9 Å². The summed E-state index contributed by atoms with van der Waals surface area (Å²) in [6.45, 7) is 0.791. The molecule has 42 heavy (non-hydrogen) atoms. The van der Waals surface area contributed by atoms with Gasteiger partial charge in [0, 0.05) is 19.1 Å². The molecule has 6 rings (SSSR count). The first-order valence-electron chi connectivity index (χ1n) is 14.4. The van der Waals surface area contributed by atoms with Crippen LogP contribution in [0.4, 0.5) is 5.82 Å². The molecular weight excluding hydrogens is 556 g/mol.